The summed E-state index contributed by atoms with van der Waals surface area (Å²) >= 11 is 1.03. The zero-order valence-electron chi connectivity index (χ0n) is 17.7. The standard InChI is InChI=1S/C22H22N4O5S/c1-4-23-21(30)25-18(27)13(2)32-22-24-17-12-14(20(29)31-3)10-11-16(17)19(28)26(22)15-8-6-5-7-9-15/h5-13H,4H2,1-3H3,(H2,23,25,27,30)/t13-/m1/s1. The maximum Gasteiger partial charge on any atom is 0.337 e. The van der Waals surface area contributed by atoms with Gasteiger partial charge < -0.3 is 10.1 Å². The summed E-state index contributed by atoms with van der Waals surface area (Å²) in [6.45, 7) is 3.72. The number of fused-ring (bicyclic) bond motifs is 1. The van der Waals surface area contributed by atoms with Gasteiger partial charge in [0.2, 0.25) is 5.91 Å². The lowest BCUT2D eigenvalue weighted by molar-refractivity contribution is -0.119. The molecule has 2 N–H and O–H groups in total. The number of aromatic nitrogens is 2. The molecule has 1 atom stereocenters. The number of methoxy groups -OCH3 is 1. The highest BCUT2D eigenvalue weighted by molar-refractivity contribution is 8.00. The number of carbonyl (C=O) groups is 3. The van der Waals surface area contributed by atoms with Crippen LogP contribution in [0.4, 0.5) is 4.79 Å². The fourth-order valence-corrected chi connectivity index (χ4v) is 3.85. The van der Waals surface area contributed by atoms with Crippen molar-refractivity contribution >= 4 is 40.6 Å². The number of thioether (sulfide) groups is 1. The Bertz CT molecular complexity index is 1230. The van der Waals surface area contributed by atoms with Crippen molar-refractivity contribution in [1.82, 2.24) is 20.2 Å². The van der Waals surface area contributed by atoms with E-state index in [1.54, 1.807) is 38.1 Å². The zero-order chi connectivity index (χ0) is 23.3. The minimum absolute atomic E-state index is 0.245. The highest BCUT2D eigenvalue weighted by atomic mass is 32.2. The first-order chi connectivity index (χ1) is 15.3. The number of hydrogen-bond acceptors (Lipinski definition) is 7. The molecule has 0 aliphatic rings. The van der Waals surface area contributed by atoms with Crippen molar-refractivity contribution in [3.8, 4) is 5.69 Å². The van der Waals surface area contributed by atoms with Gasteiger partial charge in [-0.25, -0.2) is 14.6 Å². The molecule has 0 bridgehead atoms. The molecular weight excluding hydrogens is 432 g/mol. The van der Waals surface area contributed by atoms with Crippen molar-refractivity contribution in [2.45, 2.75) is 24.3 Å². The van der Waals surface area contributed by atoms with Crippen LogP contribution in [0.5, 0.6) is 0 Å². The zero-order valence-corrected chi connectivity index (χ0v) is 18.6. The van der Waals surface area contributed by atoms with E-state index in [-0.39, 0.29) is 16.3 Å². The SMILES string of the molecule is CCNC(=O)NC(=O)[C@@H](C)Sc1nc2cc(C(=O)OC)ccc2c(=O)n1-c1ccccc1. The second kappa shape index (κ2) is 10.1. The van der Waals surface area contributed by atoms with E-state index in [4.69, 9.17) is 4.74 Å². The van der Waals surface area contributed by atoms with Crippen molar-refractivity contribution in [3.05, 3.63) is 64.4 Å². The number of amides is 3. The lowest BCUT2D eigenvalue weighted by Crippen LogP contribution is -2.42. The van der Waals surface area contributed by atoms with Gasteiger partial charge in [0, 0.05) is 6.54 Å². The molecule has 0 fully saturated rings. The van der Waals surface area contributed by atoms with Crippen LogP contribution in [0.15, 0.2) is 58.5 Å². The van der Waals surface area contributed by atoms with Crippen molar-refractivity contribution in [1.29, 1.82) is 0 Å². The molecule has 9 nitrogen and oxygen atoms in total. The molecule has 0 spiro atoms. The van der Waals surface area contributed by atoms with Crippen LogP contribution in [0.2, 0.25) is 0 Å². The largest absolute Gasteiger partial charge is 0.465 e. The van der Waals surface area contributed by atoms with E-state index in [0.717, 1.165) is 11.8 Å². The summed E-state index contributed by atoms with van der Waals surface area (Å²) < 4.78 is 6.15. The number of imide groups is 1. The van der Waals surface area contributed by atoms with Gasteiger partial charge in [-0.2, -0.15) is 0 Å². The fourth-order valence-electron chi connectivity index (χ4n) is 2.92. The van der Waals surface area contributed by atoms with Crippen molar-refractivity contribution in [2.24, 2.45) is 0 Å². The number of nitrogens with one attached hydrogen (secondary N) is 2. The van der Waals surface area contributed by atoms with Crippen LogP contribution in [-0.4, -0.2) is 46.4 Å². The fraction of sp³-hybridized carbons (Fsp3) is 0.227. The van der Waals surface area contributed by atoms with Gasteiger partial charge in [0.15, 0.2) is 5.16 Å². The number of para-hydroxylation sites is 1. The van der Waals surface area contributed by atoms with E-state index in [2.05, 4.69) is 15.6 Å². The third-order valence-electron chi connectivity index (χ3n) is 4.50. The van der Waals surface area contributed by atoms with Crippen LogP contribution in [-0.2, 0) is 9.53 Å². The Morgan fingerprint density at radius 3 is 2.53 bits per heavy atom. The number of carbonyl (C=O) groups excluding carboxylic acids is 3. The highest BCUT2D eigenvalue weighted by Crippen LogP contribution is 2.25. The predicted molar refractivity (Wildman–Crippen MR) is 121 cm³/mol. The molecule has 1 heterocycles. The lowest BCUT2D eigenvalue weighted by atomic mass is 10.1. The van der Waals surface area contributed by atoms with Gasteiger partial charge in [-0.05, 0) is 44.2 Å². The molecule has 0 saturated heterocycles. The highest BCUT2D eigenvalue weighted by Gasteiger charge is 2.22. The number of rotatable bonds is 6. The predicted octanol–water partition coefficient (Wildman–Crippen LogP) is 2.50. The molecule has 0 aliphatic heterocycles. The van der Waals surface area contributed by atoms with E-state index in [9.17, 15) is 19.2 Å². The Labute approximate surface area is 188 Å². The molecule has 0 aliphatic carbocycles. The van der Waals surface area contributed by atoms with Crippen LogP contribution in [0.3, 0.4) is 0 Å². The first-order valence-corrected chi connectivity index (χ1v) is 10.7. The summed E-state index contributed by atoms with van der Waals surface area (Å²) in [6.07, 6.45) is 0. The average Bonchev–Trinajstić information content (AvgIpc) is 2.79. The van der Waals surface area contributed by atoms with Gasteiger partial charge in [0.1, 0.15) is 0 Å². The maximum absolute atomic E-state index is 13.3. The monoisotopic (exact) mass is 454 g/mol. The smallest absolute Gasteiger partial charge is 0.337 e. The van der Waals surface area contributed by atoms with Crippen molar-refractivity contribution in [3.63, 3.8) is 0 Å². The topological polar surface area (TPSA) is 119 Å². The van der Waals surface area contributed by atoms with Gasteiger partial charge in [-0.15, -0.1) is 0 Å². The second-order valence-electron chi connectivity index (χ2n) is 6.70. The normalized spacial score (nSPS) is 11.6. The van der Waals surface area contributed by atoms with Gasteiger partial charge >= 0.3 is 12.0 Å². The maximum atomic E-state index is 13.3. The molecule has 2 aromatic carbocycles. The lowest BCUT2D eigenvalue weighted by Gasteiger charge is -2.16. The summed E-state index contributed by atoms with van der Waals surface area (Å²) in [7, 11) is 1.27. The van der Waals surface area contributed by atoms with E-state index in [1.807, 2.05) is 6.07 Å². The van der Waals surface area contributed by atoms with Crippen LogP contribution in [0.1, 0.15) is 24.2 Å². The molecule has 10 heteroatoms. The number of esters is 1. The molecule has 3 amide bonds. The van der Waals surface area contributed by atoms with E-state index >= 15 is 0 Å². The van der Waals surface area contributed by atoms with Crippen molar-refractivity contribution in [2.75, 3.05) is 13.7 Å². The number of urea groups is 1. The second-order valence-corrected chi connectivity index (χ2v) is 8.01. The first kappa shape index (κ1) is 23.0. The van der Waals surface area contributed by atoms with Crippen LogP contribution in [0, 0.1) is 0 Å². The number of benzene rings is 2. The summed E-state index contributed by atoms with van der Waals surface area (Å²) in [6, 6.07) is 12.8. The molecule has 3 aromatic rings. The van der Waals surface area contributed by atoms with Gasteiger partial charge in [0.25, 0.3) is 5.56 Å². The van der Waals surface area contributed by atoms with Gasteiger partial charge in [0.05, 0.1) is 34.5 Å². The van der Waals surface area contributed by atoms with E-state index < -0.39 is 23.2 Å². The van der Waals surface area contributed by atoms with Gasteiger partial charge in [-0.1, -0.05) is 30.0 Å². The third-order valence-corrected chi connectivity index (χ3v) is 5.55. The molecule has 32 heavy (non-hydrogen) atoms. The van der Waals surface area contributed by atoms with Crippen molar-refractivity contribution < 1.29 is 19.1 Å². The Hall–Kier alpha value is -3.66. The Morgan fingerprint density at radius 2 is 1.88 bits per heavy atom. The van der Waals surface area contributed by atoms with Crippen LogP contribution < -0.4 is 16.2 Å². The van der Waals surface area contributed by atoms with Gasteiger partial charge in [-0.3, -0.25) is 19.5 Å². The average molecular weight is 455 g/mol. The number of hydrogen-bond donors (Lipinski definition) is 2. The van der Waals surface area contributed by atoms with Crippen LogP contribution in [0.25, 0.3) is 16.6 Å². The Kier molecular flexibility index (Phi) is 7.26. The first-order valence-electron chi connectivity index (χ1n) is 9.81. The minimum Gasteiger partial charge on any atom is -0.465 e. The third kappa shape index (κ3) is 4.97. The molecule has 0 radical (unpaired) electrons. The quantitative estimate of drug-likeness (QED) is 0.334. The molecular formula is C22H22N4O5S. The molecule has 0 unspecified atom stereocenters. The summed E-state index contributed by atoms with van der Waals surface area (Å²) in [5.74, 6) is -1.08. The van der Waals surface area contributed by atoms with E-state index in [1.165, 1.54) is 29.9 Å². The Balaban J connectivity index is 2.09. The summed E-state index contributed by atoms with van der Waals surface area (Å²) in [5, 5.41) is 4.57. The van der Waals surface area contributed by atoms with Crippen LogP contribution >= 0.6 is 11.8 Å². The molecule has 166 valence electrons. The molecule has 3 rings (SSSR count). The minimum atomic E-state index is -0.735. The summed E-state index contributed by atoms with van der Waals surface area (Å²) in [4.78, 5) is 54.0. The number of nitrogens with zero attached hydrogens (tertiary/aromatic N) is 2. The molecule has 0 saturated carbocycles. The number of ether oxygens (including phenoxy) is 1. The molecule has 1 aromatic heterocycles. The summed E-state index contributed by atoms with van der Waals surface area (Å²) in [5.41, 5.74) is 0.769. The van der Waals surface area contributed by atoms with E-state index in [0.29, 0.717) is 23.1 Å². The Morgan fingerprint density at radius 1 is 1.16 bits per heavy atom.